The predicted octanol–water partition coefficient (Wildman–Crippen LogP) is 1.66. The molecule has 0 aliphatic heterocycles. The van der Waals surface area contributed by atoms with Gasteiger partial charge in [-0.2, -0.15) is 5.26 Å². The lowest BCUT2D eigenvalue weighted by molar-refractivity contribution is -0.158. The summed E-state index contributed by atoms with van der Waals surface area (Å²) in [4.78, 5) is 15.6. The van der Waals surface area contributed by atoms with Gasteiger partial charge in [-0.3, -0.25) is 0 Å². The highest BCUT2D eigenvalue weighted by atomic mass is 16.6. The smallest absolute Gasteiger partial charge is 0.329 e. The van der Waals surface area contributed by atoms with E-state index in [1.165, 1.54) is 10.8 Å². The summed E-state index contributed by atoms with van der Waals surface area (Å²) in [5, 5.41) is 8.79. The number of carbonyl (C=O) groups is 1. The molecule has 0 aromatic carbocycles. The van der Waals surface area contributed by atoms with E-state index in [-0.39, 0.29) is 11.8 Å². The number of rotatable bonds is 2. The first-order valence-corrected chi connectivity index (χ1v) is 5.01. The molecule has 0 fully saturated rings. The zero-order valence-electron chi connectivity index (χ0n) is 9.89. The molecule has 0 N–H and O–H groups in total. The summed E-state index contributed by atoms with van der Waals surface area (Å²) in [7, 11) is 0. The Morgan fingerprint density at radius 1 is 1.62 bits per heavy atom. The van der Waals surface area contributed by atoms with Gasteiger partial charge in [0.15, 0.2) is 0 Å². The Bertz CT molecular complexity index is 423. The largest absolute Gasteiger partial charge is 0.458 e. The molecule has 0 saturated heterocycles. The van der Waals surface area contributed by atoms with E-state index in [0.29, 0.717) is 0 Å². The molecular weight excluding hydrogens is 206 g/mol. The highest BCUT2D eigenvalue weighted by Gasteiger charge is 2.24. The fourth-order valence-corrected chi connectivity index (χ4v) is 1.21. The number of imidazole rings is 1. The van der Waals surface area contributed by atoms with E-state index in [1.54, 1.807) is 33.9 Å². The number of aromatic nitrogens is 2. The van der Waals surface area contributed by atoms with Crippen LogP contribution in [0.4, 0.5) is 0 Å². The predicted molar refractivity (Wildman–Crippen MR) is 57.5 cm³/mol. The highest BCUT2D eigenvalue weighted by molar-refractivity contribution is 5.74. The summed E-state index contributed by atoms with van der Waals surface area (Å²) in [5.41, 5.74) is -0.529. The van der Waals surface area contributed by atoms with Crippen molar-refractivity contribution in [1.82, 2.24) is 9.55 Å². The first-order valence-electron chi connectivity index (χ1n) is 5.01. The van der Waals surface area contributed by atoms with Crippen LogP contribution >= 0.6 is 0 Å². The molecule has 1 rings (SSSR count). The summed E-state index contributed by atoms with van der Waals surface area (Å²) < 4.78 is 6.72. The zero-order chi connectivity index (χ0) is 12.3. The molecule has 1 heterocycles. The van der Waals surface area contributed by atoms with Crippen LogP contribution in [0.2, 0.25) is 0 Å². The van der Waals surface area contributed by atoms with E-state index in [9.17, 15) is 4.79 Å². The third kappa shape index (κ3) is 2.83. The normalized spacial score (nSPS) is 12.9. The molecule has 0 bridgehead atoms. The van der Waals surface area contributed by atoms with Crippen LogP contribution < -0.4 is 0 Å². The number of nitrogens with zero attached hydrogens (tertiary/aromatic N) is 3. The fraction of sp³-hybridized carbons (Fsp3) is 0.545. The van der Waals surface area contributed by atoms with Crippen LogP contribution in [0.1, 0.15) is 39.6 Å². The Hall–Kier alpha value is -1.83. The summed E-state index contributed by atoms with van der Waals surface area (Å²) in [6.07, 6.45) is 3.08. The summed E-state index contributed by atoms with van der Waals surface area (Å²) in [6, 6.07) is 1.37. The molecule has 5 nitrogen and oxygen atoms in total. The third-order valence-electron chi connectivity index (χ3n) is 1.93. The molecule has 0 aliphatic carbocycles. The molecule has 0 saturated carbocycles. The van der Waals surface area contributed by atoms with Crippen molar-refractivity contribution < 1.29 is 9.53 Å². The number of carbonyl (C=O) groups excluding carboxylic acids is 1. The number of ether oxygens (including phenoxy) is 1. The van der Waals surface area contributed by atoms with Gasteiger partial charge in [-0.25, -0.2) is 9.78 Å². The lowest BCUT2D eigenvalue weighted by Gasteiger charge is -2.22. The van der Waals surface area contributed by atoms with Gasteiger partial charge in [-0.15, -0.1) is 0 Å². The highest BCUT2D eigenvalue weighted by Crippen LogP contribution is 2.15. The van der Waals surface area contributed by atoms with E-state index in [0.717, 1.165) is 0 Å². The molecule has 16 heavy (non-hydrogen) atoms. The Balaban J connectivity index is 2.83. The van der Waals surface area contributed by atoms with Crippen LogP contribution in [0.5, 0.6) is 0 Å². The third-order valence-corrected chi connectivity index (χ3v) is 1.93. The molecule has 0 aliphatic rings. The van der Waals surface area contributed by atoms with Crippen LogP contribution in [0.25, 0.3) is 0 Å². The van der Waals surface area contributed by atoms with Crippen LogP contribution in [0.15, 0.2) is 12.4 Å². The maximum absolute atomic E-state index is 11.7. The first-order chi connectivity index (χ1) is 7.35. The molecule has 1 atom stereocenters. The second kappa shape index (κ2) is 4.35. The minimum Gasteiger partial charge on any atom is -0.458 e. The zero-order valence-corrected chi connectivity index (χ0v) is 9.89. The van der Waals surface area contributed by atoms with Gasteiger partial charge in [-0.1, -0.05) is 0 Å². The van der Waals surface area contributed by atoms with Crippen molar-refractivity contribution in [2.45, 2.75) is 39.3 Å². The molecule has 1 unspecified atom stereocenters. The molecule has 0 radical (unpaired) electrons. The van der Waals surface area contributed by atoms with Gasteiger partial charge in [0.2, 0.25) is 5.82 Å². The molecule has 1 aromatic heterocycles. The van der Waals surface area contributed by atoms with E-state index < -0.39 is 11.6 Å². The Morgan fingerprint density at radius 3 is 2.75 bits per heavy atom. The van der Waals surface area contributed by atoms with Crippen molar-refractivity contribution in [3.63, 3.8) is 0 Å². The number of esters is 1. The number of hydrogen-bond acceptors (Lipinski definition) is 4. The maximum Gasteiger partial charge on any atom is 0.329 e. The van der Waals surface area contributed by atoms with Crippen molar-refractivity contribution in [3.05, 3.63) is 18.2 Å². The van der Waals surface area contributed by atoms with Crippen molar-refractivity contribution in [2.24, 2.45) is 0 Å². The number of nitriles is 1. The Morgan fingerprint density at radius 2 is 2.25 bits per heavy atom. The van der Waals surface area contributed by atoms with Gasteiger partial charge in [0.05, 0.1) is 0 Å². The minimum atomic E-state index is -0.545. The first kappa shape index (κ1) is 12.2. The van der Waals surface area contributed by atoms with Crippen LogP contribution in [-0.2, 0) is 9.53 Å². The van der Waals surface area contributed by atoms with Gasteiger partial charge in [-0.05, 0) is 27.7 Å². The number of hydrogen-bond donors (Lipinski definition) is 0. The van der Waals surface area contributed by atoms with E-state index in [2.05, 4.69) is 4.98 Å². The average Bonchev–Trinajstić information content (AvgIpc) is 2.61. The van der Waals surface area contributed by atoms with Gasteiger partial charge in [0, 0.05) is 12.4 Å². The summed E-state index contributed by atoms with van der Waals surface area (Å²) in [5.74, 6) is -0.166. The molecule has 0 spiro atoms. The van der Waals surface area contributed by atoms with Crippen LogP contribution in [-0.4, -0.2) is 21.1 Å². The molecule has 1 aromatic rings. The van der Waals surface area contributed by atoms with Gasteiger partial charge in [0.25, 0.3) is 0 Å². The van der Waals surface area contributed by atoms with E-state index in [4.69, 9.17) is 10.00 Å². The monoisotopic (exact) mass is 221 g/mol. The van der Waals surface area contributed by atoms with Gasteiger partial charge >= 0.3 is 5.97 Å². The van der Waals surface area contributed by atoms with E-state index in [1.807, 2.05) is 6.07 Å². The minimum absolute atomic E-state index is 0.207. The average molecular weight is 221 g/mol. The quantitative estimate of drug-likeness (QED) is 0.712. The topological polar surface area (TPSA) is 67.9 Å². The van der Waals surface area contributed by atoms with Crippen molar-refractivity contribution in [3.8, 4) is 6.07 Å². The van der Waals surface area contributed by atoms with E-state index >= 15 is 0 Å². The van der Waals surface area contributed by atoms with Gasteiger partial charge in [0.1, 0.15) is 17.7 Å². The molecular formula is C11H15N3O2. The van der Waals surface area contributed by atoms with Crippen LogP contribution in [0.3, 0.4) is 0 Å². The lowest BCUT2D eigenvalue weighted by atomic mass is 10.2. The Kier molecular flexibility index (Phi) is 3.33. The summed E-state index contributed by atoms with van der Waals surface area (Å²) >= 11 is 0. The van der Waals surface area contributed by atoms with Crippen molar-refractivity contribution in [1.29, 1.82) is 5.26 Å². The van der Waals surface area contributed by atoms with Gasteiger partial charge < -0.3 is 9.30 Å². The maximum atomic E-state index is 11.7. The second-order valence-electron chi connectivity index (χ2n) is 4.48. The summed E-state index contributed by atoms with van der Waals surface area (Å²) in [6.45, 7) is 7.08. The molecule has 5 heteroatoms. The van der Waals surface area contributed by atoms with Crippen molar-refractivity contribution in [2.75, 3.05) is 0 Å². The van der Waals surface area contributed by atoms with Crippen molar-refractivity contribution >= 4 is 5.97 Å². The lowest BCUT2D eigenvalue weighted by Crippen LogP contribution is -2.29. The Labute approximate surface area is 94.7 Å². The fourth-order valence-electron chi connectivity index (χ4n) is 1.21. The standard InChI is InChI=1S/C11H15N3O2/c1-8(10(15)16-11(2,3)4)14-6-5-13-9(14)7-12/h5-6,8H,1-4H3. The molecule has 0 amide bonds. The second-order valence-corrected chi connectivity index (χ2v) is 4.48. The SMILES string of the molecule is CC(C(=O)OC(C)(C)C)n1ccnc1C#N. The van der Waals surface area contributed by atoms with Crippen LogP contribution in [0, 0.1) is 11.3 Å². The molecule has 86 valence electrons.